The van der Waals surface area contributed by atoms with Crippen molar-refractivity contribution in [2.75, 3.05) is 14.2 Å². The summed E-state index contributed by atoms with van der Waals surface area (Å²) in [5, 5.41) is 21.7. The van der Waals surface area contributed by atoms with Gasteiger partial charge in [-0.2, -0.15) is 0 Å². The Bertz CT molecular complexity index is 1220. The highest BCUT2D eigenvalue weighted by atomic mass is 16.5. The van der Waals surface area contributed by atoms with Gasteiger partial charge < -0.3 is 19.7 Å². The molecular weight excluding hydrogens is 384 g/mol. The summed E-state index contributed by atoms with van der Waals surface area (Å²) < 4.78 is 11.2. The number of aromatic carboxylic acids is 2. The maximum Gasteiger partial charge on any atom is 0.336 e. The number of methoxy groups -OCH3 is 2. The first-order chi connectivity index (χ1) is 14.5. The third-order valence-corrected chi connectivity index (χ3v) is 5.20. The number of ether oxygens (including phenoxy) is 2. The number of carbonyl (C=O) groups is 2. The quantitative estimate of drug-likeness (QED) is 0.484. The van der Waals surface area contributed by atoms with Gasteiger partial charge in [-0.05, 0) is 57.9 Å². The van der Waals surface area contributed by atoms with Crippen LogP contribution in [0, 0.1) is 0 Å². The summed E-state index contributed by atoms with van der Waals surface area (Å²) in [5.41, 5.74) is 1.62. The molecule has 0 saturated carbocycles. The minimum absolute atomic E-state index is 0.168. The van der Waals surface area contributed by atoms with E-state index in [2.05, 4.69) is 0 Å². The van der Waals surface area contributed by atoms with Gasteiger partial charge in [-0.1, -0.05) is 24.3 Å². The number of benzene rings is 4. The molecule has 0 aliphatic rings. The predicted molar refractivity (Wildman–Crippen MR) is 114 cm³/mol. The molecule has 4 aromatic rings. The molecule has 0 atom stereocenters. The van der Waals surface area contributed by atoms with Crippen LogP contribution in [0.2, 0.25) is 0 Å². The fourth-order valence-electron chi connectivity index (χ4n) is 3.90. The molecule has 0 bridgehead atoms. The minimum Gasteiger partial charge on any atom is -0.496 e. The second kappa shape index (κ2) is 7.40. The number of carboxylic acids is 2. The summed E-state index contributed by atoms with van der Waals surface area (Å²) in [6.45, 7) is 0. The standard InChI is InChI=1S/C24H18O6/c1-29-19-11-9-13-15(5-3-7-17(13)23(25)26)21(19)22-16-6-4-8-18(24(27)28)14(16)10-12-20(22)30-2/h3-12H,1-2H3,(H,25,26)(H,27,28). The zero-order valence-electron chi connectivity index (χ0n) is 16.3. The van der Waals surface area contributed by atoms with E-state index in [1.807, 2.05) is 12.1 Å². The van der Waals surface area contributed by atoms with Gasteiger partial charge in [0.2, 0.25) is 0 Å². The summed E-state index contributed by atoms with van der Waals surface area (Å²) in [6.07, 6.45) is 0. The SMILES string of the molecule is COc1ccc2c(C(=O)O)cccc2c1-c1c(OC)ccc2c(C(=O)O)cccc12. The Kier molecular flexibility index (Phi) is 4.75. The molecular formula is C24H18O6. The molecule has 0 aromatic heterocycles. The van der Waals surface area contributed by atoms with Crippen molar-refractivity contribution < 1.29 is 29.3 Å². The van der Waals surface area contributed by atoms with Crippen molar-refractivity contribution in [2.24, 2.45) is 0 Å². The average Bonchev–Trinajstić information content (AvgIpc) is 2.76. The van der Waals surface area contributed by atoms with Crippen molar-refractivity contribution in [2.45, 2.75) is 0 Å². The number of rotatable bonds is 5. The Hall–Kier alpha value is -4.06. The Balaban J connectivity index is 2.22. The summed E-state index contributed by atoms with van der Waals surface area (Å²) in [6, 6.07) is 16.9. The molecule has 0 heterocycles. The monoisotopic (exact) mass is 402 g/mol. The third-order valence-electron chi connectivity index (χ3n) is 5.20. The zero-order chi connectivity index (χ0) is 21.4. The van der Waals surface area contributed by atoms with Gasteiger partial charge in [-0.25, -0.2) is 9.59 Å². The summed E-state index contributed by atoms with van der Waals surface area (Å²) in [4.78, 5) is 23.5. The van der Waals surface area contributed by atoms with E-state index in [0.717, 1.165) is 0 Å². The van der Waals surface area contributed by atoms with Crippen LogP contribution in [0.15, 0.2) is 60.7 Å². The number of hydrogen-bond acceptors (Lipinski definition) is 4. The van der Waals surface area contributed by atoms with E-state index in [4.69, 9.17) is 9.47 Å². The molecule has 2 N–H and O–H groups in total. The molecule has 0 unspecified atom stereocenters. The lowest BCUT2D eigenvalue weighted by Gasteiger charge is -2.18. The molecule has 0 amide bonds. The molecule has 0 aliphatic carbocycles. The van der Waals surface area contributed by atoms with Crippen LogP contribution in [0.5, 0.6) is 11.5 Å². The first kappa shape index (κ1) is 19.3. The lowest BCUT2D eigenvalue weighted by atomic mass is 9.90. The lowest BCUT2D eigenvalue weighted by molar-refractivity contribution is 0.0688. The maximum atomic E-state index is 11.8. The van der Waals surface area contributed by atoms with Gasteiger partial charge in [-0.15, -0.1) is 0 Å². The molecule has 150 valence electrons. The molecule has 6 heteroatoms. The zero-order valence-corrected chi connectivity index (χ0v) is 16.3. The van der Waals surface area contributed by atoms with E-state index >= 15 is 0 Å². The first-order valence-electron chi connectivity index (χ1n) is 9.14. The molecule has 30 heavy (non-hydrogen) atoms. The largest absolute Gasteiger partial charge is 0.496 e. The molecule has 0 saturated heterocycles. The minimum atomic E-state index is -1.03. The van der Waals surface area contributed by atoms with Crippen LogP contribution in [-0.4, -0.2) is 36.4 Å². The van der Waals surface area contributed by atoms with Gasteiger partial charge >= 0.3 is 11.9 Å². The lowest BCUT2D eigenvalue weighted by Crippen LogP contribution is -2.01. The number of hydrogen-bond donors (Lipinski definition) is 2. The summed E-state index contributed by atoms with van der Waals surface area (Å²) in [7, 11) is 3.07. The fourth-order valence-corrected chi connectivity index (χ4v) is 3.90. The van der Waals surface area contributed by atoms with Crippen LogP contribution >= 0.6 is 0 Å². The molecule has 0 radical (unpaired) electrons. The summed E-state index contributed by atoms with van der Waals surface area (Å²) in [5.74, 6) is -1.02. The van der Waals surface area contributed by atoms with Crippen LogP contribution in [-0.2, 0) is 0 Å². The Morgan fingerprint density at radius 2 is 1.00 bits per heavy atom. The second-order valence-electron chi connectivity index (χ2n) is 6.70. The molecule has 4 rings (SSSR count). The van der Waals surface area contributed by atoms with Crippen LogP contribution in [0.25, 0.3) is 32.7 Å². The van der Waals surface area contributed by atoms with Crippen molar-refractivity contribution in [3.63, 3.8) is 0 Å². The van der Waals surface area contributed by atoms with E-state index in [0.29, 0.717) is 44.2 Å². The smallest absolute Gasteiger partial charge is 0.336 e. The molecule has 0 fully saturated rings. The molecule has 6 nitrogen and oxygen atoms in total. The van der Waals surface area contributed by atoms with Crippen molar-refractivity contribution in [3.05, 3.63) is 71.8 Å². The van der Waals surface area contributed by atoms with Gasteiger partial charge in [0.15, 0.2) is 0 Å². The highest BCUT2D eigenvalue weighted by Crippen LogP contribution is 2.46. The predicted octanol–water partition coefficient (Wildman–Crippen LogP) is 5.07. The fraction of sp³-hybridized carbons (Fsp3) is 0.0833. The Morgan fingerprint density at radius 1 is 0.600 bits per heavy atom. The molecule has 4 aromatic carbocycles. The van der Waals surface area contributed by atoms with E-state index in [9.17, 15) is 19.8 Å². The van der Waals surface area contributed by atoms with Crippen LogP contribution in [0.1, 0.15) is 20.7 Å². The van der Waals surface area contributed by atoms with Crippen LogP contribution in [0.3, 0.4) is 0 Å². The van der Waals surface area contributed by atoms with E-state index in [1.54, 1.807) is 48.5 Å². The Labute approximate surface area is 171 Å². The Morgan fingerprint density at radius 3 is 1.33 bits per heavy atom. The van der Waals surface area contributed by atoms with Gasteiger partial charge in [-0.3, -0.25) is 0 Å². The highest BCUT2D eigenvalue weighted by molar-refractivity contribution is 6.16. The topological polar surface area (TPSA) is 93.1 Å². The highest BCUT2D eigenvalue weighted by Gasteiger charge is 2.21. The van der Waals surface area contributed by atoms with Crippen molar-refractivity contribution in [1.82, 2.24) is 0 Å². The van der Waals surface area contributed by atoms with Crippen molar-refractivity contribution >= 4 is 33.5 Å². The van der Waals surface area contributed by atoms with Gasteiger partial charge in [0.1, 0.15) is 11.5 Å². The molecule has 0 aliphatic heterocycles. The second-order valence-corrected chi connectivity index (χ2v) is 6.70. The summed E-state index contributed by atoms with van der Waals surface area (Å²) >= 11 is 0. The van der Waals surface area contributed by atoms with Crippen molar-refractivity contribution in [1.29, 1.82) is 0 Å². The molecule has 0 spiro atoms. The number of fused-ring (bicyclic) bond motifs is 2. The van der Waals surface area contributed by atoms with Crippen molar-refractivity contribution in [3.8, 4) is 22.6 Å². The van der Waals surface area contributed by atoms with E-state index in [-0.39, 0.29) is 11.1 Å². The van der Waals surface area contributed by atoms with E-state index in [1.165, 1.54) is 14.2 Å². The normalized spacial score (nSPS) is 10.9. The van der Waals surface area contributed by atoms with Gasteiger partial charge in [0.05, 0.1) is 25.3 Å². The van der Waals surface area contributed by atoms with Gasteiger partial charge in [0, 0.05) is 11.1 Å². The third kappa shape index (κ3) is 2.90. The number of carboxylic acid groups (broad SMARTS) is 2. The maximum absolute atomic E-state index is 11.8. The van der Waals surface area contributed by atoms with Crippen LogP contribution in [0.4, 0.5) is 0 Å². The first-order valence-corrected chi connectivity index (χ1v) is 9.14. The van der Waals surface area contributed by atoms with Gasteiger partial charge in [0.25, 0.3) is 0 Å². The average molecular weight is 402 g/mol. The van der Waals surface area contributed by atoms with Crippen LogP contribution < -0.4 is 9.47 Å². The van der Waals surface area contributed by atoms with E-state index < -0.39 is 11.9 Å².